The Hall–Kier alpha value is -0.830. The van der Waals surface area contributed by atoms with Gasteiger partial charge in [-0.05, 0) is 33.2 Å². The van der Waals surface area contributed by atoms with E-state index in [0.717, 1.165) is 19.5 Å². The smallest absolute Gasteiger partial charge is 0.114 e. The lowest BCUT2D eigenvalue weighted by Gasteiger charge is -2.28. The van der Waals surface area contributed by atoms with E-state index < -0.39 is 0 Å². The minimum atomic E-state index is 0.125. The minimum Gasteiger partial charge on any atom is -0.335 e. The van der Waals surface area contributed by atoms with Crippen molar-refractivity contribution in [2.75, 3.05) is 6.54 Å². The summed E-state index contributed by atoms with van der Waals surface area (Å²) in [6.45, 7) is 13.3. The fourth-order valence-corrected chi connectivity index (χ4v) is 2.47. The molecule has 0 radical (unpaired) electrons. The molecular weight excluding hydrogens is 210 g/mol. The fraction of sp³-hybridized carbons (Fsp3) is 0.786. The molecule has 3 nitrogen and oxygen atoms in total. The zero-order chi connectivity index (χ0) is 12.9. The Kier molecular flexibility index (Phi) is 5.19. The molecule has 98 valence electrons. The molecule has 0 saturated carbocycles. The number of nitrogens with zero attached hydrogens (tertiary/aromatic N) is 2. The minimum absolute atomic E-state index is 0.125. The molecule has 0 bridgehead atoms. The zero-order valence-corrected chi connectivity index (χ0v) is 12.0. The van der Waals surface area contributed by atoms with Gasteiger partial charge in [-0.3, -0.25) is 0 Å². The maximum Gasteiger partial charge on any atom is 0.114 e. The molecule has 1 atom stereocenters. The van der Waals surface area contributed by atoms with Gasteiger partial charge in [0.1, 0.15) is 5.82 Å². The van der Waals surface area contributed by atoms with Crippen LogP contribution in [0.3, 0.4) is 0 Å². The molecule has 1 rings (SSSR count). The Morgan fingerprint density at radius 3 is 2.71 bits per heavy atom. The van der Waals surface area contributed by atoms with Crippen LogP contribution in [-0.2, 0) is 12.0 Å². The van der Waals surface area contributed by atoms with E-state index in [1.54, 1.807) is 0 Å². The van der Waals surface area contributed by atoms with E-state index in [2.05, 4.69) is 55.7 Å². The molecule has 1 heterocycles. The Labute approximate surface area is 106 Å². The van der Waals surface area contributed by atoms with Gasteiger partial charge < -0.3 is 9.88 Å². The topological polar surface area (TPSA) is 29.9 Å². The maximum atomic E-state index is 4.53. The summed E-state index contributed by atoms with van der Waals surface area (Å²) in [6.07, 6.45) is 6.28. The quantitative estimate of drug-likeness (QED) is 0.790. The van der Waals surface area contributed by atoms with E-state index in [-0.39, 0.29) is 5.41 Å². The molecule has 1 aromatic heterocycles. The molecule has 1 N–H and O–H groups in total. The SMILES string of the molecule is CCCNC(C)CC(C)(C)c1nccn1CC. The highest BCUT2D eigenvalue weighted by molar-refractivity contribution is 5.07. The van der Waals surface area contributed by atoms with E-state index in [1.165, 1.54) is 12.2 Å². The highest BCUT2D eigenvalue weighted by Gasteiger charge is 2.27. The molecule has 0 amide bonds. The lowest BCUT2D eigenvalue weighted by atomic mass is 9.85. The van der Waals surface area contributed by atoms with Crippen LogP contribution < -0.4 is 5.32 Å². The van der Waals surface area contributed by atoms with Crippen molar-refractivity contribution < 1.29 is 0 Å². The van der Waals surface area contributed by atoms with Crippen molar-refractivity contribution in [3.05, 3.63) is 18.2 Å². The number of aryl methyl sites for hydroxylation is 1. The summed E-state index contributed by atoms with van der Waals surface area (Å²) in [7, 11) is 0. The summed E-state index contributed by atoms with van der Waals surface area (Å²) in [5.41, 5.74) is 0.125. The second kappa shape index (κ2) is 6.20. The van der Waals surface area contributed by atoms with Crippen molar-refractivity contribution in [2.45, 2.75) is 65.5 Å². The van der Waals surface area contributed by atoms with Crippen LogP contribution in [0.1, 0.15) is 53.3 Å². The average Bonchev–Trinajstić information content (AvgIpc) is 2.74. The highest BCUT2D eigenvalue weighted by Crippen LogP contribution is 2.27. The van der Waals surface area contributed by atoms with Gasteiger partial charge in [-0.25, -0.2) is 4.98 Å². The monoisotopic (exact) mass is 237 g/mol. The van der Waals surface area contributed by atoms with Gasteiger partial charge in [0.2, 0.25) is 0 Å². The summed E-state index contributed by atoms with van der Waals surface area (Å²) >= 11 is 0. The van der Waals surface area contributed by atoms with Gasteiger partial charge in [0, 0.05) is 30.4 Å². The predicted octanol–water partition coefficient (Wildman–Crippen LogP) is 2.96. The Bertz CT molecular complexity index is 328. The van der Waals surface area contributed by atoms with Gasteiger partial charge >= 0.3 is 0 Å². The normalized spacial score (nSPS) is 13.9. The standard InChI is InChI=1S/C14H27N3/c1-6-8-15-12(3)11-14(4,5)13-16-9-10-17(13)7-2/h9-10,12,15H,6-8,11H2,1-5H3. The Balaban J connectivity index is 2.67. The summed E-state index contributed by atoms with van der Waals surface area (Å²) in [4.78, 5) is 4.53. The van der Waals surface area contributed by atoms with Gasteiger partial charge in [0.05, 0.1) is 0 Å². The van der Waals surface area contributed by atoms with Crippen molar-refractivity contribution in [2.24, 2.45) is 0 Å². The average molecular weight is 237 g/mol. The molecule has 0 fully saturated rings. The van der Waals surface area contributed by atoms with E-state index >= 15 is 0 Å². The van der Waals surface area contributed by atoms with Gasteiger partial charge in [-0.1, -0.05) is 20.8 Å². The summed E-state index contributed by atoms with van der Waals surface area (Å²) in [5.74, 6) is 1.20. The van der Waals surface area contributed by atoms with Gasteiger partial charge in [-0.15, -0.1) is 0 Å². The van der Waals surface area contributed by atoms with Crippen LogP contribution in [0.15, 0.2) is 12.4 Å². The van der Waals surface area contributed by atoms with E-state index in [1.807, 2.05) is 6.20 Å². The van der Waals surface area contributed by atoms with Gasteiger partial charge in [0.25, 0.3) is 0 Å². The first kappa shape index (κ1) is 14.2. The molecule has 0 aliphatic carbocycles. The third-order valence-corrected chi connectivity index (χ3v) is 3.22. The van der Waals surface area contributed by atoms with Crippen LogP contribution in [0.4, 0.5) is 0 Å². The lowest BCUT2D eigenvalue weighted by Crippen LogP contribution is -2.35. The molecule has 1 aromatic rings. The highest BCUT2D eigenvalue weighted by atomic mass is 15.1. The third kappa shape index (κ3) is 3.84. The van der Waals surface area contributed by atoms with Crippen molar-refractivity contribution >= 4 is 0 Å². The molecule has 3 heteroatoms. The molecule has 0 aliphatic rings. The molecule has 1 unspecified atom stereocenters. The van der Waals surface area contributed by atoms with Crippen molar-refractivity contribution in [1.82, 2.24) is 14.9 Å². The number of nitrogens with one attached hydrogen (secondary N) is 1. The van der Waals surface area contributed by atoms with E-state index in [4.69, 9.17) is 0 Å². The fourth-order valence-electron chi connectivity index (χ4n) is 2.47. The summed E-state index contributed by atoms with van der Waals surface area (Å²) in [6, 6.07) is 0.534. The number of aromatic nitrogens is 2. The zero-order valence-electron chi connectivity index (χ0n) is 12.0. The summed E-state index contributed by atoms with van der Waals surface area (Å²) < 4.78 is 2.24. The van der Waals surface area contributed by atoms with Crippen LogP contribution in [0.5, 0.6) is 0 Å². The first-order valence-corrected chi connectivity index (χ1v) is 6.76. The van der Waals surface area contributed by atoms with Crippen LogP contribution in [0, 0.1) is 0 Å². The number of rotatable bonds is 7. The summed E-state index contributed by atoms with van der Waals surface area (Å²) in [5, 5.41) is 3.55. The number of hydrogen-bond donors (Lipinski definition) is 1. The molecular formula is C14H27N3. The van der Waals surface area contributed by atoms with E-state index in [9.17, 15) is 0 Å². The van der Waals surface area contributed by atoms with Gasteiger partial charge in [-0.2, -0.15) is 0 Å². The van der Waals surface area contributed by atoms with Crippen LogP contribution in [-0.4, -0.2) is 22.1 Å². The number of imidazole rings is 1. The Morgan fingerprint density at radius 1 is 1.41 bits per heavy atom. The molecule has 0 aliphatic heterocycles. The molecule has 0 aromatic carbocycles. The lowest BCUT2D eigenvalue weighted by molar-refractivity contribution is 0.363. The van der Waals surface area contributed by atoms with Crippen LogP contribution >= 0.6 is 0 Å². The van der Waals surface area contributed by atoms with Crippen LogP contribution in [0.2, 0.25) is 0 Å². The predicted molar refractivity (Wildman–Crippen MR) is 73.3 cm³/mol. The second-order valence-corrected chi connectivity index (χ2v) is 5.48. The maximum absolute atomic E-state index is 4.53. The molecule has 0 saturated heterocycles. The molecule has 17 heavy (non-hydrogen) atoms. The first-order chi connectivity index (χ1) is 8.01. The van der Waals surface area contributed by atoms with Crippen molar-refractivity contribution in [3.63, 3.8) is 0 Å². The van der Waals surface area contributed by atoms with Crippen molar-refractivity contribution in [3.8, 4) is 0 Å². The van der Waals surface area contributed by atoms with Crippen LogP contribution in [0.25, 0.3) is 0 Å². The first-order valence-electron chi connectivity index (χ1n) is 6.76. The molecule has 0 spiro atoms. The van der Waals surface area contributed by atoms with E-state index in [0.29, 0.717) is 6.04 Å². The number of hydrogen-bond acceptors (Lipinski definition) is 2. The Morgan fingerprint density at radius 2 is 2.12 bits per heavy atom. The van der Waals surface area contributed by atoms with Gasteiger partial charge in [0.15, 0.2) is 0 Å². The second-order valence-electron chi connectivity index (χ2n) is 5.48. The van der Waals surface area contributed by atoms with Crippen molar-refractivity contribution in [1.29, 1.82) is 0 Å². The third-order valence-electron chi connectivity index (χ3n) is 3.22. The largest absolute Gasteiger partial charge is 0.335 e.